The summed E-state index contributed by atoms with van der Waals surface area (Å²) in [5, 5.41) is 13.2. The predicted molar refractivity (Wildman–Crippen MR) is 93.0 cm³/mol. The molecule has 0 aromatic heterocycles. The molecule has 2 rings (SSSR count). The molecule has 0 bridgehead atoms. The third kappa shape index (κ3) is 6.01. The number of hydrogen-bond acceptors (Lipinski definition) is 3. The second-order valence-electron chi connectivity index (χ2n) is 6.79. The van der Waals surface area contributed by atoms with Crippen molar-refractivity contribution < 1.29 is 5.11 Å². The van der Waals surface area contributed by atoms with Gasteiger partial charge < -0.3 is 10.4 Å². The van der Waals surface area contributed by atoms with E-state index in [9.17, 15) is 5.11 Å². The first-order chi connectivity index (χ1) is 10.0. The van der Waals surface area contributed by atoms with Crippen molar-refractivity contribution in [2.45, 2.75) is 63.8 Å². The van der Waals surface area contributed by atoms with Gasteiger partial charge in [-0.05, 0) is 57.8 Å². The van der Waals surface area contributed by atoms with E-state index >= 15 is 0 Å². The number of benzene rings is 1. The van der Waals surface area contributed by atoms with Gasteiger partial charge in [-0.2, -0.15) is 11.8 Å². The van der Waals surface area contributed by atoms with Crippen molar-refractivity contribution in [3.05, 3.63) is 34.9 Å². The fourth-order valence-electron chi connectivity index (χ4n) is 2.82. The number of aryl methyl sites for hydroxylation is 2. The standard InChI is InChI=1S/C18H29NOS/c1-14-9-15(2)11-16(10-14)12-21-8-4-7-18(3,13-20)19-17-5-6-17/h9-11,17,19-20H,4-8,12-13H2,1-3H3. The average Bonchev–Trinajstić information content (AvgIpc) is 3.21. The lowest BCUT2D eigenvalue weighted by Gasteiger charge is -2.29. The molecule has 2 N–H and O–H groups in total. The van der Waals surface area contributed by atoms with Gasteiger partial charge in [-0.15, -0.1) is 0 Å². The second-order valence-corrected chi connectivity index (χ2v) is 7.89. The Morgan fingerprint density at radius 2 is 1.90 bits per heavy atom. The second kappa shape index (κ2) is 7.66. The van der Waals surface area contributed by atoms with Crippen LogP contribution in [0.4, 0.5) is 0 Å². The molecule has 1 aromatic rings. The highest BCUT2D eigenvalue weighted by Gasteiger charge is 2.31. The summed E-state index contributed by atoms with van der Waals surface area (Å²) in [4.78, 5) is 0. The van der Waals surface area contributed by atoms with E-state index in [4.69, 9.17) is 0 Å². The van der Waals surface area contributed by atoms with E-state index < -0.39 is 0 Å². The van der Waals surface area contributed by atoms with E-state index in [2.05, 4.69) is 44.3 Å². The van der Waals surface area contributed by atoms with Crippen molar-refractivity contribution in [2.75, 3.05) is 12.4 Å². The molecule has 21 heavy (non-hydrogen) atoms. The monoisotopic (exact) mass is 307 g/mol. The Balaban J connectivity index is 1.66. The Bertz CT molecular complexity index is 438. The molecular weight excluding hydrogens is 278 g/mol. The lowest BCUT2D eigenvalue weighted by molar-refractivity contribution is 0.163. The minimum atomic E-state index is -0.0817. The zero-order valence-electron chi connectivity index (χ0n) is 13.6. The highest BCUT2D eigenvalue weighted by molar-refractivity contribution is 7.98. The highest BCUT2D eigenvalue weighted by Crippen LogP contribution is 2.25. The molecule has 0 spiro atoms. The summed E-state index contributed by atoms with van der Waals surface area (Å²) in [5.74, 6) is 2.25. The van der Waals surface area contributed by atoms with E-state index in [0.717, 1.165) is 24.3 Å². The van der Waals surface area contributed by atoms with Gasteiger partial charge in [0.15, 0.2) is 0 Å². The number of aliphatic hydroxyl groups is 1. The molecule has 118 valence electrons. The Labute approximate surface area is 133 Å². The number of rotatable bonds is 9. The van der Waals surface area contributed by atoms with Crippen LogP contribution in [-0.2, 0) is 5.75 Å². The largest absolute Gasteiger partial charge is 0.394 e. The summed E-state index contributed by atoms with van der Waals surface area (Å²) >= 11 is 2.00. The Morgan fingerprint density at radius 3 is 2.48 bits per heavy atom. The SMILES string of the molecule is Cc1cc(C)cc(CSCCCC(C)(CO)NC2CC2)c1. The van der Waals surface area contributed by atoms with Crippen LogP contribution in [0.25, 0.3) is 0 Å². The molecule has 1 unspecified atom stereocenters. The zero-order valence-corrected chi connectivity index (χ0v) is 14.4. The molecule has 3 heteroatoms. The molecule has 0 saturated heterocycles. The molecule has 1 atom stereocenters. The summed E-state index contributed by atoms with van der Waals surface area (Å²) < 4.78 is 0. The molecule has 1 aliphatic carbocycles. The van der Waals surface area contributed by atoms with Crippen LogP contribution in [0.5, 0.6) is 0 Å². The molecule has 0 heterocycles. The molecular formula is C18H29NOS. The predicted octanol–water partition coefficient (Wildman–Crippen LogP) is 3.82. The lowest BCUT2D eigenvalue weighted by atomic mass is 9.97. The maximum Gasteiger partial charge on any atom is 0.0610 e. The average molecular weight is 308 g/mol. The maximum absolute atomic E-state index is 9.59. The summed E-state index contributed by atoms with van der Waals surface area (Å²) in [7, 11) is 0. The van der Waals surface area contributed by atoms with Gasteiger partial charge >= 0.3 is 0 Å². The van der Waals surface area contributed by atoms with Gasteiger partial charge in [0.2, 0.25) is 0 Å². The van der Waals surface area contributed by atoms with Crippen molar-refractivity contribution in [1.29, 1.82) is 0 Å². The van der Waals surface area contributed by atoms with E-state index in [1.165, 1.54) is 29.5 Å². The number of aliphatic hydroxyl groups excluding tert-OH is 1. The molecule has 1 fully saturated rings. The first-order valence-electron chi connectivity index (χ1n) is 8.04. The number of nitrogens with one attached hydrogen (secondary N) is 1. The van der Waals surface area contributed by atoms with Gasteiger partial charge in [-0.25, -0.2) is 0 Å². The van der Waals surface area contributed by atoms with Crippen LogP contribution in [0.3, 0.4) is 0 Å². The van der Waals surface area contributed by atoms with Crippen LogP contribution in [0, 0.1) is 13.8 Å². The van der Waals surface area contributed by atoms with Crippen molar-refractivity contribution in [3.8, 4) is 0 Å². The third-order valence-electron chi connectivity index (χ3n) is 4.05. The zero-order chi connectivity index (χ0) is 15.3. The summed E-state index contributed by atoms with van der Waals surface area (Å²) in [6, 6.07) is 7.45. The van der Waals surface area contributed by atoms with E-state index in [1.54, 1.807) is 0 Å². The molecule has 0 radical (unpaired) electrons. The summed E-state index contributed by atoms with van der Waals surface area (Å²) in [6.07, 6.45) is 4.76. The van der Waals surface area contributed by atoms with Crippen molar-refractivity contribution in [1.82, 2.24) is 5.32 Å². The van der Waals surface area contributed by atoms with Crippen molar-refractivity contribution >= 4 is 11.8 Å². The topological polar surface area (TPSA) is 32.3 Å². The molecule has 1 saturated carbocycles. The van der Waals surface area contributed by atoms with Gasteiger partial charge in [-0.3, -0.25) is 0 Å². The van der Waals surface area contributed by atoms with Crippen LogP contribution in [0.15, 0.2) is 18.2 Å². The molecule has 0 aliphatic heterocycles. The van der Waals surface area contributed by atoms with Gasteiger partial charge in [0.25, 0.3) is 0 Å². The van der Waals surface area contributed by atoms with Gasteiger partial charge in [0.05, 0.1) is 6.61 Å². The molecule has 1 aromatic carbocycles. The smallest absolute Gasteiger partial charge is 0.0610 e. The minimum absolute atomic E-state index is 0.0817. The first kappa shape index (κ1) is 16.9. The van der Waals surface area contributed by atoms with Crippen molar-refractivity contribution in [3.63, 3.8) is 0 Å². The van der Waals surface area contributed by atoms with Gasteiger partial charge in [0.1, 0.15) is 0 Å². The summed E-state index contributed by atoms with van der Waals surface area (Å²) in [5.41, 5.74) is 4.06. The molecule has 0 amide bonds. The van der Waals surface area contributed by atoms with Crippen LogP contribution in [-0.4, -0.2) is 29.0 Å². The highest BCUT2D eigenvalue weighted by atomic mass is 32.2. The Hall–Kier alpha value is -0.510. The van der Waals surface area contributed by atoms with Crippen LogP contribution >= 0.6 is 11.8 Å². The maximum atomic E-state index is 9.59. The lowest BCUT2D eigenvalue weighted by Crippen LogP contribution is -2.46. The van der Waals surface area contributed by atoms with Gasteiger partial charge in [-0.1, -0.05) is 29.3 Å². The third-order valence-corrected chi connectivity index (χ3v) is 5.16. The van der Waals surface area contributed by atoms with Crippen LogP contribution in [0.1, 0.15) is 49.3 Å². The summed E-state index contributed by atoms with van der Waals surface area (Å²) in [6.45, 7) is 6.72. The Kier molecular flexibility index (Phi) is 6.15. The van der Waals surface area contributed by atoms with E-state index in [0.29, 0.717) is 6.04 Å². The first-order valence-corrected chi connectivity index (χ1v) is 9.20. The fraction of sp³-hybridized carbons (Fsp3) is 0.667. The van der Waals surface area contributed by atoms with E-state index in [1.807, 2.05) is 11.8 Å². The Morgan fingerprint density at radius 1 is 1.24 bits per heavy atom. The molecule has 2 nitrogen and oxygen atoms in total. The quantitative estimate of drug-likeness (QED) is 0.680. The van der Waals surface area contributed by atoms with E-state index in [-0.39, 0.29) is 12.1 Å². The van der Waals surface area contributed by atoms with Crippen LogP contribution in [0.2, 0.25) is 0 Å². The van der Waals surface area contributed by atoms with Crippen LogP contribution < -0.4 is 5.32 Å². The fourth-order valence-corrected chi connectivity index (χ4v) is 3.72. The number of thioether (sulfide) groups is 1. The minimum Gasteiger partial charge on any atom is -0.394 e. The van der Waals surface area contributed by atoms with Crippen molar-refractivity contribution in [2.24, 2.45) is 0 Å². The molecule has 1 aliphatic rings. The van der Waals surface area contributed by atoms with Gasteiger partial charge in [0, 0.05) is 17.3 Å². The normalized spacial score (nSPS) is 17.7. The number of hydrogen-bond donors (Lipinski definition) is 2.